The Morgan fingerprint density at radius 2 is 2.00 bits per heavy atom. The molecule has 140 valence electrons. The monoisotopic (exact) mass is 405 g/mol. The Kier molecular flexibility index (Phi) is 5.93. The van der Waals surface area contributed by atoms with Gasteiger partial charge >= 0.3 is 0 Å². The van der Waals surface area contributed by atoms with Gasteiger partial charge in [-0.05, 0) is 30.7 Å². The summed E-state index contributed by atoms with van der Waals surface area (Å²) < 4.78 is 0. The lowest BCUT2D eigenvalue weighted by Gasteiger charge is -2.18. The highest BCUT2D eigenvalue weighted by molar-refractivity contribution is 6.34. The van der Waals surface area contributed by atoms with Crippen LogP contribution in [0, 0.1) is 0 Å². The predicted octanol–water partition coefficient (Wildman–Crippen LogP) is 3.23. The molecule has 0 bridgehead atoms. The molecule has 27 heavy (non-hydrogen) atoms. The molecule has 1 aromatic heterocycles. The van der Waals surface area contributed by atoms with Gasteiger partial charge in [-0.2, -0.15) is 0 Å². The molecule has 2 heterocycles. The van der Waals surface area contributed by atoms with E-state index in [-0.39, 0.29) is 17.9 Å². The van der Waals surface area contributed by atoms with E-state index in [9.17, 15) is 9.59 Å². The van der Waals surface area contributed by atoms with Crippen molar-refractivity contribution in [3.8, 4) is 0 Å². The third-order valence-corrected chi connectivity index (χ3v) is 4.60. The lowest BCUT2D eigenvalue weighted by molar-refractivity contribution is -0.111. The van der Waals surface area contributed by atoms with Crippen molar-refractivity contribution in [3.63, 3.8) is 0 Å². The standard InChI is InChI=1S/C18H17Cl2N5O2/c1-2-16(26)24-15-4-3-11(7-14(15)20)17(27)25-6-5-13(10-25)23-18-21-8-12(19)9-22-18/h2-4,7-9,13H,1,5-6,10H2,(H,24,26)(H,21,22,23). The minimum Gasteiger partial charge on any atom is -0.350 e. The molecule has 0 spiro atoms. The second-order valence-electron chi connectivity index (χ2n) is 5.99. The van der Waals surface area contributed by atoms with Crippen LogP contribution in [0.25, 0.3) is 0 Å². The number of nitrogens with one attached hydrogen (secondary N) is 2. The molecule has 0 saturated carbocycles. The Hall–Kier alpha value is -2.64. The minimum atomic E-state index is -0.367. The summed E-state index contributed by atoms with van der Waals surface area (Å²) in [6.07, 6.45) is 4.96. The van der Waals surface area contributed by atoms with Gasteiger partial charge in [0.15, 0.2) is 0 Å². The Balaban J connectivity index is 1.62. The van der Waals surface area contributed by atoms with Crippen molar-refractivity contribution in [2.45, 2.75) is 12.5 Å². The van der Waals surface area contributed by atoms with Crippen LogP contribution in [-0.4, -0.2) is 45.8 Å². The average Bonchev–Trinajstić information content (AvgIpc) is 3.13. The van der Waals surface area contributed by atoms with E-state index < -0.39 is 0 Å². The fraction of sp³-hybridized carbons (Fsp3) is 0.222. The Labute approximate surface area is 166 Å². The van der Waals surface area contributed by atoms with Crippen LogP contribution in [0.15, 0.2) is 43.2 Å². The number of halogens is 2. The number of carbonyl (C=O) groups excluding carboxylic acids is 2. The van der Waals surface area contributed by atoms with Gasteiger partial charge < -0.3 is 15.5 Å². The number of likely N-dealkylation sites (tertiary alicyclic amines) is 1. The molecular weight excluding hydrogens is 389 g/mol. The zero-order valence-corrected chi connectivity index (χ0v) is 15.8. The lowest BCUT2D eigenvalue weighted by atomic mass is 10.2. The SMILES string of the molecule is C=CC(=O)Nc1ccc(C(=O)N2CCC(Nc3ncc(Cl)cn3)C2)cc1Cl. The molecule has 1 aromatic carbocycles. The fourth-order valence-electron chi connectivity index (χ4n) is 2.75. The molecular formula is C18H17Cl2N5O2. The number of carbonyl (C=O) groups is 2. The zero-order valence-electron chi connectivity index (χ0n) is 14.3. The van der Waals surface area contributed by atoms with Crippen molar-refractivity contribution in [1.29, 1.82) is 0 Å². The summed E-state index contributed by atoms with van der Waals surface area (Å²) >= 11 is 11.9. The van der Waals surface area contributed by atoms with Crippen LogP contribution in [0.3, 0.4) is 0 Å². The van der Waals surface area contributed by atoms with E-state index >= 15 is 0 Å². The van der Waals surface area contributed by atoms with E-state index in [4.69, 9.17) is 23.2 Å². The predicted molar refractivity (Wildman–Crippen MR) is 105 cm³/mol. The van der Waals surface area contributed by atoms with E-state index in [0.29, 0.717) is 40.3 Å². The molecule has 9 heteroatoms. The van der Waals surface area contributed by atoms with E-state index in [2.05, 4.69) is 27.2 Å². The van der Waals surface area contributed by atoms with Crippen LogP contribution < -0.4 is 10.6 Å². The van der Waals surface area contributed by atoms with Gasteiger partial charge in [-0.1, -0.05) is 29.8 Å². The fourth-order valence-corrected chi connectivity index (χ4v) is 3.07. The number of nitrogens with zero attached hydrogens (tertiary/aromatic N) is 3. The van der Waals surface area contributed by atoms with Crippen LogP contribution in [-0.2, 0) is 4.79 Å². The van der Waals surface area contributed by atoms with Gasteiger partial charge in [-0.25, -0.2) is 9.97 Å². The van der Waals surface area contributed by atoms with Crippen LogP contribution in [0.4, 0.5) is 11.6 Å². The molecule has 1 aliphatic heterocycles. The molecule has 7 nitrogen and oxygen atoms in total. The van der Waals surface area contributed by atoms with Crippen LogP contribution in [0.2, 0.25) is 10.0 Å². The third-order valence-electron chi connectivity index (χ3n) is 4.09. The highest BCUT2D eigenvalue weighted by Crippen LogP contribution is 2.25. The van der Waals surface area contributed by atoms with E-state index in [1.54, 1.807) is 23.1 Å². The maximum atomic E-state index is 12.7. The summed E-state index contributed by atoms with van der Waals surface area (Å²) in [6.45, 7) is 4.52. The number of rotatable bonds is 5. The summed E-state index contributed by atoms with van der Waals surface area (Å²) in [5.74, 6) is -0.0160. The number of aromatic nitrogens is 2. The first kappa shape index (κ1) is 19.1. The average molecular weight is 406 g/mol. The topological polar surface area (TPSA) is 87.2 Å². The Morgan fingerprint density at radius 3 is 2.67 bits per heavy atom. The molecule has 1 saturated heterocycles. The molecule has 2 N–H and O–H groups in total. The second kappa shape index (κ2) is 8.37. The zero-order chi connectivity index (χ0) is 19.4. The van der Waals surface area contributed by atoms with Crippen LogP contribution in [0.5, 0.6) is 0 Å². The van der Waals surface area contributed by atoms with Crippen molar-refractivity contribution in [1.82, 2.24) is 14.9 Å². The number of hydrogen-bond acceptors (Lipinski definition) is 5. The Bertz CT molecular complexity index is 873. The molecule has 1 aliphatic rings. The minimum absolute atomic E-state index is 0.0525. The van der Waals surface area contributed by atoms with Crippen molar-refractivity contribution in [3.05, 3.63) is 58.9 Å². The number of hydrogen-bond donors (Lipinski definition) is 2. The van der Waals surface area contributed by atoms with Crippen molar-refractivity contribution < 1.29 is 9.59 Å². The van der Waals surface area contributed by atoms with Crippen molar-refractivity contribution >= 4 is 46.7 Å². The normalized spacial score (nSPS) is 16.1. The van der Waals surface area contributed by atoms with Crippen LogP contribution in [0.1, 0.15) is 16.8 Å². The quantitative estimate of drug-likeness (QED) is 0.745. The number of anilines is 2. The van der Waals surface area contributed by atoms with Crippen LogP contribution >= 0.6 is 23.2 Å². The summed E-state index contributed by atoms with van der Waals surface area (Å²) in [6, 6.07) is 4.84. The van der Waals surface area contributed by atoms with E-state index in [1.165, 1.54) is 12.4 Å². The molecule has 3 rings (SSSR count). The lowest BCUT2D eigenvalue weighted by Crippen LogP contribution is -2.31. The van der Waals surface area contributed by atoms with Gasteiger partial charge in [-0.3, -0.25) is 9.59 Å². The number of amides is 2. The smallest absolute Gasteiger partial charge is 0.253 e. The summed E-state index contributed by atoms with van der Waals surface area (Å²) in [5, 5.41) is 6.54. The summed E-state index contributed by atoms with van der Waals surface area (Å²) in [5.41, 5.74) is 0.888. The first-order valence-corrected chi connectivity index (χ1v) is 8.98. The van der Waals surface area contributed by atoms with E-state index in [0.717, 1.165) is 12.5 Å². The van der Waals surface area contributed by atoms with Gasteiger partial charge in [0, 0.05) is 24.7 Å². The van der Waals surface area contributed by atoms with Gasteiger partial charge in [0.25, 0.3) is 5.91 Å². The van der Waals surface area contributed by atoms with E-state index in [1.807, 2.05) is 0 Å². The largest absolute Gasteiger partial charge is 0.350 e. The first-order chi connectivity index (χ1) is 13.0. The third kappa shape index (κ3) is 4.75. The van der Waals surface area contributed by atoms with Gasteiger partial charge in [0.2, 0.25) is 11.9 Å². The van der Waals surface area contributed by atoms with Gasteiger partial charge in [0.1, 0.15) is 0 Å². The van der Waals surface area contributed by atoms with Crippen molar-refractivity contribution in [2.24, 2.45) is 0 Å². The second-order valence-corrected chi connectivity index (χ2v) is 6.84. The molecule has 1 atom stereocenters. The van der Waals surface area contributed by atoms with Crippen molar-refractivity contribution in [2.75, 3.05) is 23.7 Å². The molecule has 1 unspecified atom stereocenters. The number of benzene rings is 1. The van der Waals surface area contributed by atoms with Gasteiger partial charge in [0.05, 0.1) is 28.1 Å². The maximum Gasteiger partial charge on any atom is 0.253 e. The molecule has 1 fully saturated rings. The summed E-state index contributed by atoms with van der Waals surface area (Å²) in [7, 11) is 0. The highest BCUT2D eigenvalue weighted by Gasteiger charge is 2.27. The first-order valence-electron chi connectivity index (χ1n) is 8.22. The van der Waals surface area contributed by atoms with Gasteiger partial charge in [-0.15, -0.1) is 0 Å². The molecule has 0 aliphatic carbocycles. The maximum absolute atomic E-state index is 12.7. The molecule has 0 radical (unpaired) electrons. The molecule has 2 aromatic rings. The highest BCUT2D eigenvalue weighted by atomic mass is 35.5. The Morgan fingerprint density at radius 1 is 1.26 bits per heavy atom. The molecule has 2 amide bonds. The summed E-state index contributed by atoms with van der Waals surface area (Å²) in [4.78, 5) is 34.0.